The third-order valence-electron chi connectivity index (χ3n) is 10.6. The normalized spacial score (nSPS) is 17.5. The van der Waals surface area contributed by atoms with E-state index >= 15 is 0 Å². The van der Waals surface area contributed by atoms with Crippen LogP contribution in [-0.2, 0) is 28.9 Å². The molecule has 1 atom stereocenters. The topological polar surface area (TPSA) is 149 Å². The standard InChI is InChI=1S/C42H34BrF3N8O5/c1-24-4-5-26(17-25(24)7-9-30-21-47-36-3-2-12-48-54(30)36)38(56)49-29-8-6-27(33(19-29)42(44,45)46)22-51-13-15-52(16-14-51)23-28-18-31-32(20-34(28)43)41(59)53(40(31)58)35-10-11-37(55)50-39(35)57/h2-6,8,12,17-21,35H,10-11,13-16,22-23H2,1H3,(H,49,56)(H,50,55,57). The monoisotopic (exact) mass is 866 g/mol. The van der Waals surface area contributed by atoms with Gasteiger partial charge in [0.05, 0.1) is 22.9 Å². The second-order valence-electron chi connectivity index (χ2n) is 14.5. The molecule has 2 N–H and O–H groups in total. The molecule has 1 unspecified atom stereocenters. The molecule has 3 aliphatic heterocycles. The van der Waals surface area contributed by atoms with Crippen molar-refractivity contribution in [1.82, 2.24) is 34.6 Å². The zero-order chi connectivity index (χ0) is 41.6. The molecule has 2 saturated heterocycles. The van der Waals surface area contributed by atoms with E-state index in [0.717, 1.165) is 22.1 Å². The number of halogens is 4. The van der Waals surface area contributed by atoms with Gasteiger partial charge < -0.3 is 5.32 Å². The maximum atomic E-state index is 14.4. The summed E-state index contributed by atoms with van der Waals surface area (Å²) < 4.78 is 45.5. The van der Waals surface area contributed by atoms with Crippen LogP contribution in [0.5, 0.6) is 0 Å². The summed E-state index contributed by atoms with van der Waals surface area (Å²) in [6.07, 6.45) is -1.39. The number of benzene rings is 3. The number of piperazine rings is 1. The molecule has 3 aromatic carbocycles. The molecular weight excluding hydrogens is 833 g/mol. The Labute approximate surface area is 343 Å². The molecule has 17 heteroatoms. The van der Waals surface area contributed by atoms with Gasteiger partial charge in [0, 0.05) is 73.2 Å². The summed E-state index contributed by atoms with van der Waals surface area (Å²) in [5.41, 5.74) is 3.09. The number of aromatic nitrogens is 3. The van der Waals surface area contributed by atoms with E-state index in [1.807, 2.05) is 11.8 Å². The first-order valence-corrected chi connectivity index (χ1v) is 19.4. The number of imide groups is 2. The highest BCUT2D eigenvalue weighted by Crippen LogP contribution is 2.36. The molecule has 300 valence electrons. The maximum Gasteiger partial charge on any atom is 0.416 e. The summed E-state index contributed by atoms with van der Waals surface area (Å²) in [5, 5.41) is 9.05. The number of piperidine rings is 1. The van der Waals surface area contributed by atoms with E-state index in [4.69, 9.17) is 0 Å². The van der Waals surface area contributed by atoms with Gasteiger partial charge in [0.25, 0.3) is 17.7 Å². The van der Waals surface area contributed by atoms with Crippen molar-refractivity contribution in [3.8, 4) is 11.8 Å². The summed E-state index contributed by atoms with van der Waals surface area (Å²) in [6.45, 7) is 4.25. The Hall–Kier alpha value is -6.22. The van der Waals surface area contributed by atoms with Crippen molar-refractivity contribution in [2.45, 2.75) is 45.1 Å². The summed E-state index contributed by atoms with van der Waals surface area (Å²) in [4.78, 5) is 73.1. The van der Waals surface area contributed by atoms with Crippen LogP contribution in [0, 0.1) is 18.8 Å². The van der Waals surface area contributed by atoms with E-state index in [2.05, 4.69) is 53.4 Å². The van der Waals surface area contributed by atoms with Crippen LogP contribution in [0.4, 0.5) is 18.9 Å². The molecule has 0 radical (unpaired) electrons. The smallest absolute Gasteiger partial charge is 0.322 e. The number of carbonyl (C=O) groups excluding carboxylic acids is 5. The number of carbonyl (C=O) groups is 5. The second kappa shape index (κ2) is 15.9. The van der Waals surface area contributed by atoms with Gasteiger partial charge in [-0.1, -0.05) is 34.0 Å². The highest BCUT2D eigenvalue weighted by molar-refractivity contribution is 9.10. The number of alkyl halides is 3. The molecular formula is C42H34BrF3N8O5. The molecule has 2 fully saturated rings. The van der Waals surface area contributed by atoms with Crippen LogP contribution >= 0.6 is 15.9 Å². The molecule has 13 nitrogen and oxygen atoms in total. The third kappa shape index (κ3) is 8.11. The molecule has 0 spiro atoms. The van der Waals surface area contributed by atoms with Gasteiger partial charge in [0.15, 0.2) is 5.65 Å². The number of fused-ring (bicyclic) bond motifs is 2. The fraction of sp³-hybridized carbons (Fsp3) is 0.262. The van der Waals surface area contributed by atoms with Crippen LogP contribution < -0.4 is 10.6 Å². The van der Waals surface area contributed by atoms with Crippen molar-refractivity contribution < 1.29 is 37.1 Å². The van der Waals surface area contributed by atoms with E-state index in [0.29, 0.717) is 54.1 Å². The number of aryl methyl sites for hydroxylation is 1. The Morgan fingerprint density at radius 3 is 2.34 bits per heavy atom. The largest absolute Gasteiger partial charge is 0.416 e. The summed E-state index contributed by atoms with van der Waals surface area (Å²) in [7, 11) is 0. The predicted octanol–water partition coefficient (Wildman–Crippen LogP) is 5.19. The summed E-state index contributed by atoms with van der Waals surface area (Å²) in [5.74, 6) is 3.14. The van der Waals surface area contributed by atoms with E-state index in [9.17, 15) is 37.1 Å². The van der Waals surface area contributed by atoms with Crippen LogP contribution in [0.2, 0.25) is 0 Å². The number of imidazole rings is 1. The van der Waals surface area contributed by atoms with Crippen molar-refractivity contribution in [3.05, 3.63) is 128 Å². The zero-order valence-corrected chi connectivity index (χ0v) is 33.0. The minimum Gasteiger partial charge on any atom is -0.322 e. The molecule has 0 bridgehead atoms. The number of nitrogens with zero attached hydrogens (tertiary/aromatic N) is 6. The highest BCUT2D eigenvalue weighted by atomic mass is 79.9. The average Bonchev–Trinajstić information content (AvgIpc) is 3.72. The first-order chi connectivity index (χ1) is 28.2. The Balaban J connectivity index is 0.902. The molecule has 5 heterocycles. The number of hydrogen-bond donors (Lipinski definition) is 2. The van der Waals surface area contributed by atoms with Crippen molar-refractivity contribution in [2.75, 3.05) is 31.5 Å². The number of hydrogen-bond acceptors (Lipinski definition) is 9. The van der Waals surface area contributed by atoms with Crippen LogP contribution in [0.15, 0.2) is 77.5 Å². The first kappa shape index (κ1) is 39.6. The van der Waals surface area contributed by atoms with Crippen LogP contribution in [0.1, 0.15) is 77.4 Å². The van der Waals surface area contributed by atoms with Gasteiger partial charge in [-0.15, -0.1) is 0 Å². The second-order valence-corrected chi connectivity index (χ2v) is 15.4. The lowest BCUT2D eigenvalue weighted by Crippen LogP contribution is -2.54. The van der Waals surface area contributed by atoms with Crippen molar-refractivity contribution in [1.29, 1.82) is 0 Å². The van der Waals surface area contributed by atoms with Gasteiger partial charge in [-0.25, -0.2) is 9.50 Å². The lowest BCUT2D eigenvalue weighted by Gasteiger charge is -2.35. The number of anilines is 1. The molecule has 5 aromatic rings. The quantitative estimate of drug-likeness (QED) is 0.167. The predicted molar refractivity (Wildman–Crippen MR) is 211 cm³/mol. The SMILES string of the molecule is Cc1ccc(C(=O)Nc2ccc(CN3CCN(Cc4cc5c(cc4Br)C(=O)N(C4CCC(=O)NC4=O)C5=O)CC3)c(C(F)(F)F)c2)cc1C#Cc1cnc2cccnn12. The number of rotatable bonds is 7. The van der Waals surface area contributed by atoms with E-state index in [1.165, 1.54) is 12.1 Å². The van der Waals surface area contributed by atoms with Gasteiger partial charge in [0.2, 0.25) is 11.8 Å². The minimum atomic E-state index is -4.68. The van der Waals surface area contributed by atoms with E-state index in [-0.39, 0.29) is 47.3 Å². The Morgan fingerprint density at radius 1 is 0.915 bits per heavy atom. The summed E-state index contributed by atoms with van der Waals surface area (Å²) >= 11 is 3.52. The Bertz CT molecular complexity index is 2640. The Morgan fingerprint density at radius 2 is 1.63 bits per heavy atom. The van der Waals surface area contributed by atoms with Crippen LogP contribution in [-0.4, -0.2) is 91.1 Å². The molecule has 0 aliphatic carbocycles. The first-order valence-electron chi connectivity index (χ1n) is 18.6. The van der Waals surface area contributed by atoms with Gasteiger partial charge in [-0.05, 0) is 84.5 Å². The maximum absolute atomic E-state index is 14.4. The molecule has 2 aromatic heterocycles. The lowest BCUT2D eigenvalue weighted by atomic mass is 10.0. The number of nitrogens with one attached hydrogen (secondary N) is 2. The van der Waals surface area contributed by atoms with Crippen LogP contribution in [0.25, 0.3) is 5.65 Å². The van der Waals surface area contributed by atoms with Crippen molar-refractivity contribution in [3.63, 3.8) is 0 Å². The number of amides is 5. The third-order valence-corrected chi connectivity index (χ3v) is 11.4. The lowest BCUT2D eigenvalue weighted by molar-refractivity contribution is -0.138. The highest BCUT2D eigenvalue weighted by Gasteiger charge is 2.45. The summed E-state index contributed by atoms with van der Waals surface area (Å²) in [6, 6.07) is 14.4. The molecule has 0 saturated carbocycles. The van der Waals surface area contributed by atoms with E-state index in [1.54, 1.807) is 59.4 Å². The fourth-order valence-electron chi connectivity index (χ4n) is 7.45. The van der Waals surface area contributed by atoms with Crippen molar-refractivity contribution >= 4 is 56.8 Å². The van der Waals surface area contributed by atoms with Gasteiger partial charge >= 0.3 is 6.18 Å². The van der Waals surface area contributed by atoms with Gasteiger partial charge in [-0.3, -0.25) is 44.0 Å². The minimum absolute atomic E-state index is 0.00115. The van der Waals surface area contributed by atoms with Crippen LogP contribution in [0.3, 0.4) is 0 Å². The molecule has 5 amide bonds. The van der Waals surface area contributed by atoms with Gasteiger partial charge in [0.1, 0.15) is 11.7 Å². The zero-order valence-electron chi connectivity index (χ0n) is 31.4. The fourth-order valence-corrected chi connectivity index (χ4v) is 7.92. The van der Waals surface area contributed by atoms with E-state index < -0.39 is 47.3 Å². The van der Waals surface area contributed by atoms with Crippen molar-refractivity contribution in [2.24, 2.45) is 0 Å². The molecule has 8 rings (SSSR count). The molecule has 59 heavy (non-hydrogen) atoms. The molecule has 3 aliphatic rings. The van der Waals surface area contributed by atoms with Gasteiger partial charge in [-0.2, -0.15) is 18.3 Å². The Kier molecular flexibility index (Phi) is 10.6. The average molecular weight is 868 g/mol.